The SMILES string of the molecule is CCCCCCc1ccc(C(=O)Nc2ccc(N3CCC(Cc4ccccc4)CC3)c(C(=O)NC(C)C)c2)cc1. The molecule has 2 amide bonds. The van der Waals surface area contributed by atoms with E-state index in [-0.39, 0.29) is 17.9 Å². The monoisotopic (exact) mass is 539 g/mol. The summed E-state index contributed by atoms with van der Waals surface area (Å²) < 4.78 is 0. The average Bonchev–Trinajstić information content (AvgIpc) is 2.96. The van der Waals surface area contributed by atoms with E-state index in [9.17, 15) is 9.59 Å². The number of nitrogens with zero attached hydrogens (tertiary/aromatic N) is 1. The Labute approximate surface area is 240 Å². The molecule has 0 aliphatic carbocycles. The molecule has 2 N–H and O–H groups in total. The van der Waals surface area contributed by atoms with Gasteiger partial charge < -0.3 is 15.5 Å². The molecular formula is C35H45N3O2. The van der Waals surface area contributed by atoms with Gasteiger partial charge in [-0.05, 0) is 93.3 Å². The molecule has 3 aromatic carbocycles. The van der Waals surface area contributed by atoms with Gasteiger partial charge in [-0.25, -0.2) is 0 Å². The maximum atomic E-state index is 13.2. The van der Waals surface area contributed by atoms with Gasteiger partial charge in [-0.1, -0.05) is 68.7 Å². The van der Waals surface area contributed by atoms with E-state index in [1.165, 1.54) is 36.8 Å². The molecule has 1 fully saturated rings. The summed E-state index contributed by atoms with van der Waals surface area (Å²) in [6.45, 7) is 7.97. The summed E-state index contributed by atoms with van der Waals surface area (Å²) in [5, 5.41) is 6.06. The van der Waals surface area contributed by atoms with Crippen molar-refractivity contribution in [2.24, 2.45) is 5.92 Å². The van der Waals surface area contributed by atoms with Crippen LogP contribution in [0.2, 0.25) is 0 Å². The largest absolute Gasteiger partial charge is 0.371 e. The fraction of sp³-hybridized carbons (Fsp3) is 0.429. The topological polar surface area (TPSA) is 61.4 Å². The van der Waals surface area contributed by atoms with E-state index in [1.807, 2.05) is 56.3 Å². The minimum atomic E-state index is -0.165. The van der Waals surface area contributed by atoms with Crippen molar-refractivity contribution in [2.75, 3.05) is 23.3 Å². The Morgan fingerprint density at radius 1 is 0.850 bits per heavy atom. The number of benzene rings is 3. The van der Waals surface area contributed by atoms with Crippen LogP contribution in [0.15, 0.2) is 72.8 Å². The molecule has 5 heteroatoms. The van der Waals surface area contributed by atoms with Crippen LogP contribution in [-0.4, -0.2) is 30.9 Å². The Hall–Kier alpha value is -3.60. The summed E-state index contributed by atoms with van der Waals surface area (Å²) in [6, 6.07) is 24.3. The maximum Gasteiger partial charge on any atom is 0.255 e. The number of carbonyl (C=O) groups is 2. The molecule has 40 heavy (non-hydrogen) atoms. The molecule has 0 spiro atoms. The van der Waals surface area contributed by atoms with E-state index < -0.39 is 0 Å². The first-order valence-electron chi connectivity index (χ1n) is 15.1. The molecule has 1 aliphatic heterocycles. The zero-order chi connectivity index (χ0) is 28.3. The van der Waals surface area contributed by atoms with Gasteiger partial charge in [0.05, 0.1) is 5.56 Å². The van der Waals surface area contributed by atoms with E-state index in [4.69, 9.17) is 0 Å². The van der Waals surface area contributed by atoms with Crippen LogP contribution in [0.4, 0.5) is 11.4 Å². The molecule has 0 radical (unpaired) electrons. The highest BCUT2D eigenvalue weighted by molar-refractivity contribution is 6.06. The normalized spacial score (nSPS) is 13.8. The zero-order valence-electron chi connectivity index (χ0n) is 24.4. The van der Waals surface area contributed by atoms with Crippen molar-refractivity contribution >= 4 is 23.2 Å². The summed E-state index contributed by atoms with van der Waals surface area (Å²) in [6.07, 6.45) is 9.24. The molecule has 4 rings (SSSR count). The van der Waals surface area contributed by atoms with Crippen LogP contribution in [0.3, 0.4) is 0 Å². The smallest absolute Gasteiger partial charge is 0.255 e. The molecule has 0 unspecified atom stereocenters. The second-order valence-electron chi connectivity index (χ2n) is 11.4. The van der Waals surface area contributed by atoms with Crippen LogP contribution >= 0.6 is 0 Å². The Morgan fingerprint density at radius 2 is 1.57 bits per heavy atom. The lowest BCUT2D eigenvalue weighted by Gasteiger charge is -2.35. The molecular weight excluding hydrogens is 494 g/mol. The third kappa shape index (κ3) is 8.45. The number of carbonyl (C=O) groups excluding carboxylic acids is 2. The number of rotatable bonds is 12. The summed E-state index contributed by atoms with van der Waals surface area (Å²) in [5.74, 6) is 0.370. The minimum Gasteiger partial charge on any atom is -0.371 e. The van der Waals surface area contributed by atoms with Crippen LogP contribution in [-0.2, 0) is 12.8 Å². The first kappa shape index (κ1) is 29.4. The molecule has 0 aromatic heterocycles. The number of nitrogens with one attached hydrogen (secondary N) is 2. The van der Waals surface area contributed by atoms with E-state index in [1.54, 1.807) is 0 Å². The predicted molar refractivity (Wildman–Crippen MR) is 166 cm³/mol. The lowest BCUT2D eigenvalue weighted by Crippen LogP contribution is -2.37. The average molecular weight is 540 g/mol. The summed E-state index contributed by atoms with van der Waals surface area (Å²) in [5.41, 5.74) is 5.44. The number of unbranched alkanes of at least 4 members (excludes halogenated alkanes) is 3. The van der Waals surface area contributed by atoms with Crippen molar-refractivity contribution in [3.63, 3.8) is 0 Å². The Bertz CT molecular complexity index is 1230. The van der Waals surface area contributed by atoms with Crippen molar-refractivity contribution in [1.82, 2.24) is 5.32 Å². The van der Waals surface area contributed by atoms with Crippen molar-refractivity contribution in [1.29, 1.82) is 0 Å². The lowest BCUT2D eigenvalue weighted by molar-refractivity contribution is 0.0942. The first-order chi connectivity index (χ1) is 19.4. The van der Waals surface area contributed by atoms with Crippen molar-refractivity contribution < 1.29 is 9.59 Å². The molecule has 0 saturated carbocycles. The number of piperidine rings is 1. The van der Waals surface area contributed by atoms with Crippen molar-refractivity contribution in [3.05, 3.63) is 95.1 Å². The van der Waals surface area contributed by atoms with Crippen LogP contribution in [0.5, 0.6) is 0 Å². The van der Waals surface area contributed by atoms with Crippen LogP contribution in [0.25, 0.3) is 0 Å². The molecule has 1 heterocycles. The molecule has 3 aromatic rings. The summed E-state index contributed by atoms with van der Waals surface area (Å²) in [7, 11) is 0. The molecule has 1 saturated heterocycles. The van der Waals surface area contributed by atoms with Gasteiger partial charge in [-0.15, -0.1) is 0 Å². The summed E-state index contributed by atoms with van der Waals surface area (Å²) in [4.78, 5) is 28.6. The van der Waals surface area contributed by atoms with Gasteiger partial charge in [-0.2, -0.15) is 0 Å². The fourth-order valence-electron chi connectivity index (χ4n) is 5.52. The molecule has 5 nitrogen and oxygen atoms in total. The third-order valence-corrected chi connectivity index (χ3v) is 7.78. The Kier molecular flexibility index (Phi) is 10.8. The maximum absolute atomic E-state index is 13.2. The van der Waals surface area contributed by atoms with Gasteiger partial charge in [0.1, 0.15) is 0 Å². The number of aryl methyl sites for hydroxylation is 1. The van der Waals surface area contributed by atoms with E-state index in [0.29, 0.717) is 22.7 Å². The van der Waals surface area contributed by atoms with E-state index >= 15 is 0 Å². The number of hydrogen-bond acceptors (Lipinski definition) is 3. The van der Waals surface area contributed by atoms with Gasteiger partial charge in [0.2, 0.25) is 0 Å². The van der Waals surface area contributed by atoms with Crippen LogP contribution < -0.4 is 15.5 Å². The van der Waals surface area contributed by atoms with Gasteiger partial charge in [-0.3, -0.25) is 9.59 Å². The van der Waals surface area contributed by atoms with Crippen molar-refractivity contribution in [3.8, 4) is 0 Å². The highest BCUT2D eigenvalue weighted by atomic mass is 16.2. The lowest BCUT2D eigenvalue weighted by atomic mass is 9.89. The van der Waals surface area contributed by atoms with Gasteiger partial charge >= 0.3 is 0 Å². The molecule has 0 bridgehead atoms. The minimum absolute atomic E-state index is 0.0238. The van der Waals surface area contributed by atoms with Gasteiger partial charge in [0.15, 0.2) is 0 Å². The highest BCUT2D eigenvalue weighted by Crippen LogP contribution is 2.30. The van der Waals surface area contributed by atoms with E-state index in [0.717, 1.165) is 44.5 Å². The second kappa shape index (κ2) is 14.7. The Balaban J connectivity index is 1.42. The van der Waals surface area contributed by atoms with Crippen LogP contribution in [0.1, 0.15) is 91.1 Å². The van der Waals surface area contributed by atoms with Crippen LogP contribution in [0, 0.1) is 5.92 Å². The second-order valence-corrected chi connectivity index (χ2v) is 11.4. The molecule has 212 valence electrons. The predicted octanol–water partition coefficient (Wildman–Crippen LogP) is 7.66. The zero-order valence-corrected chi connectivity index (χ0v) is 24.4. The Morgan fingerprint density at radius 3 is 2.25 bits per heavy atom. The first-order valence-corrected chi connectivity index (χ1v) is 15.1. The number of anilines is 2. The van der Waals surface area contributed by atoms with Gasteiger partial charge in [0, 0.05) is 36.1 Å². The molecule has 0 atom stereocenters. The third-order valence-electron chi connectivity index (χ3n) is 7.78. The number of amides is 2. The molecule has 1 aliphatic rings. The van der Waals surface area contributed by atoms with Crippen molar-refractivity contribution in [2.45, 2.75) is 78.2 Å². The fourth-order valence-corrected chi connectivity index (χ4v) is 5.52. The quantitative estimate of drug-likeness (QED) is 0.232. The standard InChI is InChI=1S/C35H45N3O2/c1-4-5-6-8-11-27-14-16-30(17-15-27)34(39)37-31-18-19-33(32(25-31)35(40)36-26(2)3)38-22-20-29(21-23-38)24-28-12-9-7-10-13-28/h7,9-10,12-19,25-26,29H,4-6,8,11,20-24H2,1-3H3,(H,36,40)(H,37,39). The van der Waals surface area contributed by atoms with E-state index in [2.05, 4.69) is 52.8 Å². The highest BCUT2D eigenvalue weighted by Gasteiger charge is 2.24. The summed E-state index contributed by atoms with van der Waals surface area (Å²) >= 11 is 0. The van der Waals surface area contributed by atoms with Gasteiger partial charge in [0.25, 0.3) is 11.8 Å². The number of hydrogen-bond donors (Lipinski definition) is 2.